The van der Waals surface area contributed by atoms with Gasteiger partial charge in [0, 0.05) is 31.7 Å². The van der Waals surface area contributed by atoms with Crippen LogP contribution in [0.2, 0.25) is 0 Å². The van der Waals surface area contributed by atoms with Crippen molar-refractivity contribution in [3.8, 4) is 5.75 Å². The summed E-state index contributed by atoms with van der Waals surface area (Å²) < 4.78 is 39.9. The number of fused-ring (bicyclic) bond motifs is 1. The first-order chi connectivity index (χ1) is 17.3. The van der Waals surface area contributed by atoms with Crippen molar-refractivity contribution in [2.24, 2.45) is 5.92 Å². The molecule has 2 saturated heterocycles. The number of anilines is 1. The Labute approximate surface area is 215 Å². The predicted molar refractivity (Wildman–Crippen MR) is 140 cm³/mol. The number of aromatic nitrogens is 1. The molecular formula is C26H31N3O5S2. The molecule has 0 radical (unpaired) electrons. The van der Waals surface area contributed by atoms with E-state index in [-0.39, 0.29) is 17.9 Å². The molecule has 10 heteroatoms. The Morgan fingerprint density at radius 3 is 2.58 bits per heavy atom. The second-order valence-corrected chi connectivity index (χ2v) is 12.4. The van der Waals surface area contributed by atoms with Gasteiger partial charge in [0.15, 0.2) is 5.13 Å². The monoisotopic (exact) mass is 529 g/mol. The second-order valence-electron chi connectivity index (χ2n) is 9.41. The van der Waals surface area contributed by atoms with Gasteiger partial charge < -0.3 is 9.47 Å². The van der Waals surface area contributed by atoms with Crippen LogP contribution in [-0.4, -0.2) is 63.1 Å². The number of piperidine rings is 1. The van der Waals surface area contributed by atoms with Crippen molar-refractivity contribution in [2.75, 3.05) is 38.3 Å². The van der Waals surface area contributed by atoms with Gasteiger partial charge in [-0.15, -0.1) is 0 Å². The average Bonchev–Trinajstić information content (AvgIpc) is 3.56. The van der Waals surface area contributed by atoms with Crippen LogP contribution in [0.1, 0.15) is 31.2 Å². The van der Waals surface area contributed by atoms with Crippen LogP contribution in [0.5, 0.6) is 5.75 Å². The number of amides is 1. The molecule has 0 bridgehead atoms. The topological polar surface area (TPSA) is 89.0 Å². The van der Waals surface area contributed by atoms with Gasteiger partial charge in [0.2, 0.25) is 15.9 Å². The maximum Gasteiger partial charge on any atom is 0.243 e. The SMILES string of the molecule is COc1ccc2sc(N(CC3CCCO3)C(=O)C3CCN(S(=O)(=O)c4ccc(C)cc4)CC3)nc2c1. The smallest absolute Gasteiger partial charge is 0.243 e. The fraction of sp³-hybridized carbons (Fsp3) is 0.462. The largest absolute Gasteiger partial charge is 0.497 e. The van der Waals surface area contributed by atoms with Gasteiger partial charge in [0.05, 0.1) is 34.9 Å². The van der Waals surface area contributed by atoms with Gasteiger partial charge in [-0.05, 0) is 56.9 Å². The van der Waals surface area contributed by atoms with Crippen molar-refractivity contribution in [1.29, 1.82) is 0 Å². The van der Waals surface area contributed by atoms with Crippen molar-refractivity contribution in [3.05, 3.63) is 48.0 Å². The van der Waals surface area contributed by atoms with E-state index in [1.807, 2.05) is 25.1 Å². The zero-order valence-electron chi connectivity index (χ0n) is 20.6. The molecule has 3 heterocycles. The lowest BCUT2D eigenvalue weighted by Crippen LogP contribution is -2.46. The average molecular weight is 530 g/mol. The van der Waals surface area contributed by atoms with Gasteiger partial charge in [-0.2, -0.15) is 4.31 Å². The number of thiazole rings is 1. The van der Waals surface area contributed by atoms with Crippen LogP contribution in [0, 0.1) is 12.8 Å². The van der Waals surface area contributed by atoms with Gasteiger partial charge in [-0.3, -0.25) is 9.69 Å². The molecule has 2 aliphatic heterocycles. The summed E-state index contributed by atoms with van der Waals surface area (Å²) in [6, 6.07) is 12.6. The summed E-state index contributed by atoms with van der Waals surface area (Å²) >= 11 is 1.48. The zero-order valence-corrected chi connectivity index (χ0v) is 22.2. The Hall–Kier alpha value is -2.53. The van der Waals surface area contributed by atoms with Gasteiger partial charge in [0.25, 0.3) is 0 Å². The Balaban J connectivity index is 1.34. The molecule has 1 aromatic heterocycles. The summed E-state index contributed by atoms with van der Waals surface area (Å²) in [7, 11) is -1.96. The molecule has 2 aliphatic rings. The highest BCUT2D eigenvalue weighted by molar-refractivity contribution is 7.89. The minimum Gasteiger partial charge on any atom is -0.497 e. The number of methoxy groups -OCH3 is 1. The van der Waals surface area contributed by atoms with E-state index in [2.05, 4.69) is 0 Å². The van der Waals surface area contributed by atoms with E-state index < -0.39 is 10.0 Å². The molecule has 0 spiro atoms. The van der Waals surface area contributed by atoms with E-state index >= 15 is 0 Å². The fourth-order valence-electron chi connectivity index (χ4n) is 4.81. The van der Waals surface area contributed by atoms with Gasteiger partial charge >= 0.3 is 0 Å². The molecule has 0 saturated carbocycles. The van der Waals surface area contributed by atoms with Gasteiger partial charge in [-0.25, -0.2) is 13.4 Å². The highest BCUT2D eigenvalue weighted by Crippen LogP contribution is 2.34. The summed E-state index contributed by atoms with van der Waals surface area (Å²) in [5.41, 5.74) is 1.80. The third-order valence-corrected chi connectivity index (χ3v) is 9.92. The van der Waals surface area contributed by atoms with Crippen LogP contribution in [-0.2, 0) is 19.6 Å². The number of benzene rings is 2. The van der Waals surface area contributed by atoms with Crippen LogP contribution in [0.15, 0.2) is 47.4 Å². The maximum atomic E-state index is 13.8. The Kier molecular flexibility index (Phi) is 7.30. The van der Waals surface area contributed by atoms with Crippen molar-refractivity contribution >= 4 is 42.6 Å². The highest BCUT2D eigenvalue weighted by Gasteiger charge is 2.36. The third kappa shape index (κ3) is 5.13. The molecule has 3 aromatic rings. The standard InChI is InChI=1S/C26H31N3O5S2/c1-18-5-8-22(9-6-18)36(31,32)28-13-11-19(12-14-28)25(30)29(17-21-4-3-15-34-21)26-27-23-16-20(33-2)7-10-24(23)35-26/h5-10,16,19,21H,3-4,11-15,17H2,1-2H3. The Morgan fingerprint density at radius 2 is 1.92 bits per heavy atom. The first-order valence-electron chi connectivity index (χ1n) is 12.3. The lowest BCUT2D eigenvalue weighted by atomic mass is 9.96. The summed E-state index contributed by atoms with van der Waals surface area (Å²) in [5, 5.41) is 0.647. The van der Waals surface area contributed by atoms with E-state index in [1.54, 1.807) is 36.3 Å². The lowest BCUT2D eigenvalue weighted by molar-refractivity contribution is -0.123. The van der Waals surface area contributed by atoms with E-state index in [0.717, 1.165) is 34.4 Å². The number of aryl methyl sites for hydroxylation is 1. The van der Waals surface area contributed by atoms with Gasteiger partial charge in [-0.1, -0.05) is 29.0 Å². The van der Waals surface area contributed by atoms with Crippen molar-refractivity contribution in [2.45, 2.75) is 43.6 Å². The van der Waals surface area contributed by atoms with Gasteiger partial charge in [0.1, 0.15) is 5.75 Å². The second kappa shape index (κ2) is 10.5. The zero-order chi connectivity index (χ0) is 25.3. The summed E-state index contributed by atoms with van der Waals surface area (Å²) in [6.45, 7) is 3.73. The number of sulfonamides is 1. The number of carbonyl (C=O) groups excluding carboxylic acids is 1. The molecule has 0 aliphatic carbocycles. The predicted octanol–water partition coefficient (Wildman–Crippen LogP) is 4.23. The molecule has 192 valence electrons. The number of nitrogens with zero attached hydrogens (tertiary/aromatic N) is 3. The minimum absolute atomic E-state index is 0.0103. The molecule has 1 unspecified atom stereocenters. The highest BCUT2D eigenvalue weighted by atomic mass is 32.2. The normalized spacial score (nSPS) is 19.6. The molecule has 36 heavy (non-hydrogen) atoms. The molecule has 5 rings (SSSR count). The first-order valence-corrected chi connectivity index (χ1v) is 14.5. The summed E-state index contributed by atoms with van der Waals surface area (Å²) in [6.07, 6.45) is 2.84. The van der Waals surface area contributed by atoms with E-state index in [9.17, 15) is 13.2 Å². The van der Waals surface area contributed by atoms with Crippen molar-refractivity contribution in [3.63, 3.8) is 0 Å². The van der Waals surface area contributed by atoms with Crippen LogP contribution >= 0.6 is 11.3 Å². The number of ether oxygens (including phenoxy) is 2. The maximum absolute atomic E-state index is 13.8. The van der Waals surface area contributed by atoms with Crippen molar-refractivity contribution < 1.29 is 22.7 Å². The van der Waals surface area contributed by atoms with E-state index in [4.69, 9.17) is 14.5 Å². The van der Waals surface area contributed by atoms with Crippen LogP contribution in [0.4, 0.5) is 5.13 Å². The molecule has 0 N–H and O–H groups in total. The Morgan fingerprint density at radius 1 is 1.17 bits per heavy atom. The minimum atomic E-state index is -3.58. The van der Waals surface area contributed by atoms with Crippen LogP contribution in [0.3, 0.4) is 0 Å². The number of hydrogen-bond acceptors (Lipinski definition) is 7. The number of rotatable bonds is 7. The molecule has 2 fully saturated rings. The first kappa shape index (κ1) is 25.1. The molecule has 2 aromatic carbocycles. The number of hydrogen-bond donors (Lipinski definition) is 0. The molecular weight excluding hydrogens is 498 g/mol. The third-order valence-electron chi connectivity index (χ3n) is 6.95. The fourth-order valence-corrected chi connectivity index (χ4v) is 7.24. The molecule has 8 nitrogen and oxygen atoms in total. The lowest BCUT2D eigenvalue weighted by Gasteiger charge is -2.33. The van der Waals surface area contributed by atoms with Crippen LogP contribution < -0.4 is 9.64 Å². The van der Waals surface area contributed by atoms with E-state index in [0.29, 0.717) is 49.1 Å². The molecule has 1 amide bonds. The quantitative estimate of drug-likeness (QED) is 0.455. The summed E-state index contributed by atoms with van der Waals surface area (Å²) in [4.78, 5) is 20.6. The Bertz CT molecular complexity index is 1330. The van der Waals surface area contributed by atoms with E-state index in [1.165, 1.54) is 15.6 Å². The van der Waals surface area contributed by atoms with Crippen LogP contribution in [0.25, 0.3) is 10.2 Å². The number of carbonyl (C=O) groups is 1. The summed E-state index contributed by atoms with van der Waals surface area (Å²) in [5.74, 6) is 0.444. The molecule has 1 atom stereocenters. The van der Waals surface area contributed by atoms with Crippen molar-refractivity contribution in [1.82, 2.24) is 9.29 Å².